The van der Waals surface area contributed by atoms with Crippen LogP contribution in [0.4, 0.5) is 4.79 Å². The molecule has 2 atom stereocenters. The van der Waals surface area contributed by atoms with Gasteiger partial charge in [0.25, 0.3) is 0 Å². The third-order valence-corrected chi connectivity index (χ3v) is 5.42. The Morgan fingerprint density at radius 2 is 1.86 bits per heavy atom. The Labute approximate surface area is 164 Å². The van der Waals surface area contributed by atoms with Gasteiger partial charge in [-0.2, -0.15) is 0 Å². The lowest BCUT2D eigenvalue weighted by atomic mass is 10.0. The second-order valence-corrected chi connectivity index (χ2v) is 7.78. The van der Waals surface area contributed by atoms with Crippen LogP contribution in [0.15, 0.2) is 24.3 Å². The number of ether oxygens (including phenoxy) is 2. The summed E-state index contributed by atoms with van der Waals surface area (Å²) in [5.74, 6) is 0.0423. The zero-order valence-corrected chi connectivity index (χ0v) is 16.2. The van der Waals surface area contributed by atoms with Crippen molar-refractivity contribution in [3.8, 4) is 11.5 Å². The number of benzene rings is 1. The number of amides is 4. The van der Waals surface area contributed by atoms with Gasteiger partial charge < -0.3 is 9.47 Å². The molecule has 8 nitrogen and oxygen atoms in total. The van der Waals surface area contributed by atoms with Crippen molar-refractivity contribution in [2.24, 2.45) is 0 Å². The van der Waals surface area contributed by atoms with Crippen LogP contribution in [0, 0.1) is 0 Å². The average Bonchev–Trinajstić information content (AvgIpc) is 2.90. The lowest BCUT2D eigenvalue weighted by Crippen LogP contribution is -2.53. The van der Waals surface area contributed by atoms with Crippen molar-refractivity contribution in [1.82, 2.24) is 14.7 Å². The molecule has 0 radical (unpaired) electrons. The molecule has 4 amide bonds. The van der Waals surface area contributed by atoms with Gasteiger partial charge in [-0.05, 0) is 45.4 Å². The van der Waals surface area contributed by atoms with E-state index in [1.54, 1.807) is 13.8 Å². The number of rotatable bonds is 4. The predicted molar refractivity (Wildman–Crippen MR) is 100 cm³/mol. The van der Waals surface area contributed by atoms with Gasteiger partial charge >= 0.3 is 17.8 Å². The highest BCUT2D eigenvalue weighted by Gasteiger charge is 2.49. The fourth-order valence-corrected chi connectivity index (χ4v) is 4.12. The minimum Gasteiger partial charge on any atom is -0.486 e. The van der Waals surface area contributed by atoms with Crippen LogP contribution in [0.5, 0.6) is 11.5 Å². The molecule has 28 heavy (non-hydrogen) atoms. The van der Waals surface area contributed by atoms with E-state index in [0.717, 1.165) is 34.3 Å². The van der Waals surface area contributed by atoms with Crippen LogP contribution in [0.3, 0.4) is 0 Å². The molecule has 8 heteroatoms. The summed E-state index contributed by atoms with van der Waals surface area (Å²) in [6, 6.07) is 6.45. The SMILES string of the molecule is CC(C)N1C(=O)C(=O)N([C@H]2CCCN(C[C@H]3COc4ccccc4O3)C2)C1=O. The molecule has 0 N–H and O–H groups in total. The fraction of sp³-hybridized carbons (Fsp3) is 0.550. The van der Waals surface area contributed by atoms with E-state index in [1.807, 2.05) is 24.3 Å². The summed E-state index contributed by atoms with van der Waals surface area (Å²) in [7, 11) is 0. The smallest absolute Gasteiger partial charge is 0.334 e. The highest BCUT2D eigenvalue weighted by Crippen LogP contribution is 2.31. The Morgan fingerprint density at radius 1 is 1.11 bits per heavy atom. The van der Waals surface area contributed by atoms with Crippen molar-refractivity contribution in [2.75, 3.05) is 26.2 Å². The van der Waals surface area contributed by atoms with E-state index < -0.39 is 17.8 Å². The van der Waals surface area contributed by atoms with Gasteiger partial charge in [-0.25, -0.2) is 4.79 Å². The zero-order valence-electron chi connectivity index (χ0n) is 16.2. The summed E-state index contributed by atoms with van der Waals surface area (Å²) in [4.78, 5) is 41.6. The van der Waals surface area contributed by atoms with E-state index in [2.05, 4.69) is 4.90 Å². The third kappa shape index (κ3) is 3.32. The van der Waals surface area contributed by atoms with Gasteiger partial charge in [0.05, 0.1) is 6.04 Å². The van der Waals surface area contributed by atoms with Gasteiger partial charge in [0.1, 0.15) is 12.7 Å². The number of fused-ring (bicyclic) bond motifs is 1. The first kappa shape index (κ1) is 18.7. The van der Waals surface area contributed by atoms with Crippen LogP contribution in [-0.4, -0.2) is 77.0 Å². The standard InChI is InChI=1S/C20H25N3O5/c1-13(2)22-18(24)19(25)23(20(22)26)14-6-5-9-21(10-14)11-15-12-27-16-7-3-4-8-17(16)28-15/h3-4,7-8,13-15H,5-6,9-12H2,1-2H3/t14-,15-/m0/s1. The predicted octanol–water partition coefficient (Wildman–Crippen LogP) is 1.49. The average molecular weight is 387 g/mol. The number of hydrogen-bond acceptors (Lipinski definition) is 6. The highest BCUT2D eigenvalue weighted by atomic mass is 16.6. The van der Waals surface area contributed by atoms with Gasteiger partial charge in [0.15, 0.2) is 11.5 Å². The molecule has 0 spiro atoms. The molecule has 3 heterocycles. The molecular formula is C20H25N3O5. The minimum atomic E-state index is -0.724. The van der Waals surface area contributed by atoms with Crippen LogP contribution < -0.4 is 9.47 Å². The first-order chi connectivity index (χ1) is 13.5. The van der Waals surface area contributed by atoms with Crippen molar-refractivity contribution in [1.29, 1.82) is 0 Å². The molecule has 1 aromatic rings. The topological polar surface area (TPSA) is 79.4 Å². The monoisotopic (exact) mass is 387 g/mol. The lowest BCUT2D eigenvalue weighted by molar-refractivity contribution is -0.144. The van der Waals surface area contributed by atoms with E-state index in [9.17, 15) is 14.4 Å². The maximum Gasteiger partial charge on any atom is 0.334 e. The summed E-state index contributed by atoms with van der Waals surface area (Å²) >= 11 is 0. The number of carbonyl (C=O) groups is 3. The van der Waals surface area contributed by atoms with E-state index in [4.69, 9.17) is 9.47 Å². The van der Waals surface area contributed by atoms with Crippen LogP contribution in [0.1, 0.15) is 26.7 Å². The summed E-state index contributed by atoms with van der Waals surface area (Å²) in [5, 5.41) is 0. The number of imide groups is 2. The molecule has 2 fully saturated rings. The van der Waals surface area contributed by atoms with Crippen molar-refractivity contribution in [3.05, 3.63) is 24.3 Å². The molecule has 4 rings (SSSR count). The van der Waals surface area contributed by atoms with Gasteiger partial charge in [-0.15, -0.1) is 0 Å². The first-order valence-electron chi connectivity index (χ1n) is 9.77. The Bertz CT molecular complexity index is 796. The number of piperidine rings is 1. The van der Waals surface area contributed by atoms with Crippen LogP contribution in [0.25, 0.3) is 0 Å². The van der Waals surface area contributed by atoms with E-state index in [-0.39, 0.29) is 18.2 Å². The van der Waals surface area contributed by atoms with Gasteiger partial charge in [0, 0.05) is 19.1 Å². The number of carbonyl (C=O) groups excluding carboxylic acids is 3. The quantitative estimate of drug-likeness (QED) is 0.575. The van der Waals surface area contributed by atoms with Crippen LogP contribution in [0.2, 0.25) is 0 Å². The molecule has 3 aliphatic rings. The molecule has 0 aliphatic carbocycles. The maximum atomic E-state index is 12.6. The van der Waals surface area contributed by atoms with Crippen LogP contribution in [-0.2, 0) is 9.59 Å². The highest BCUT2D eigenvalue weighted by molar-refractivity contribution is 6.44. The zero-order chi connectivity index (χ0) is 19.8. The van der Waals surface area contributed by atoms with E-state index in [0.29, 0.717) is 26.1 Å². The second-order valence-electron chi connectivity index (χ2n) is 7.78. The van der Waals surface area contributed by atoms with Gasteiger partial charge in [0.2, 0.25) is 0 Å². The van der Waals surface area contributed by atoms with Crippen molar-refractivity contribution in [3.63, 3.8) is 0 Å². The minimum absolute atomic E-state index is 0.118. The van der Waals surface area contributed by atoms with E-state index >= 15 is 0 Å². The molecule has 0 aromatic heterocycles. The molecule has 150 valence electrons. The summed E-state index contributed by atoms with van der Waals surface area (Å²) < 4.78 is 11.8. The summed E-state index contributed by atoms with van der Waals surface area (Å²) in [5.41, 5.74) is 0. The number of nitrogens with zero attached hydrogens (tertiary/aromatic N) is 3. The molecule has 0 bridgehead atoms. The van der Waals surface area contributed by atoms with Gasteiger partial charge in [-0.3, -0.25) is 24.3 Å². The molecule has 1 aromatic carbocycles. The largest absolute Gasteiger partial charge is 0.486 e. The maximum absolute atomic E-state index is 12.6. The van der Waals surface area contributed by atoms with Crippen molar-refractivity contribution in [2.45, 2.75) is 44.9 Å². The summed E-state index contributed by atoms with van der Waals surface area (Å²) in [6.45, 7) is 5.96. The van der Waals surface area contributed by atoms with Crippen molar-refractivity contribution >= 4 is 17.8 Å². The molecular weight excluding hydrogens is 362 g/mol. The lowest BCUT2D eigenvalue weighted by Gasteiger charge is -2.38. The number of urea groups is 1. The Balaban J connectivity index is 1.41. The second kappa shape index (κ2) is 7.43. The van der Waals surface area contributed by atoms with Gasteiger partial charge in [-0.1, -0.05) is 12.1 Å². The molecule has 0 unspecified atom stereocenters. The Hall–Kier alpha value is -2.61. The Kier molecular flexibility index (Phi) is 4.97. The normalized spacial score (nSPS) is 25.8. The fourth-order valence-electron chi connectivity index (χ4n) is 4.12. The number of para-hydroxylation sites is 2. The van der Waals surface area contributed by atoms with Crippen molar-refractivity contribution < 1.29 is 23.9 Å². The number of hydrogen-bond donors (Lipinski definition) is 0. The van der Waals surface area contributed by atoms with Crippen LogP contribution >= 0.6 is 0 Å². The molecule has 3 aliphatic heterocycles. The summed E-state index contributed by atoms with van der Waals surface area (Å²) in [6.07, 6.45) is 1.44. The third-order valence-electron chi connectivity index (χ3n) is 5.42. The van der Waals surface area contributed by atoms with E-state index in [1.165, 1.54) is 0 Å². The Morgan fingerprint density at radius 3 is 2.57 bits per heavy atom. The first-order valence-corrected chi connectivity index (χ1v) is 9.77. The molecule has 2 saturated heterocycles. The number of likely N-dealkylation sites (tertiary alicyclic amines) is 1. The molecule has 0 saturated carbocycles.